The molecule has 0 heterocycles. The third-order valence-corrected chi connectivity index (χ3v) is 2.61. The van der Waals surface area contributed by atoms with Crippen LogP contribution in [0, 0.1) is 0 Å². The molecule has 0 radical (unpaired) electrons. The van der Waals surface area contributed by atoms with Crippen molar-refractivity contribution in [1.82, 2.24) is 0 Å². The number of rotatable bonds is 4. The zero-order chi connectivity index (χ0) is 15.0. The van der Waals surface area contributed by atoms with Gasteiger partial charge < -0.3 is 10.2 Å². The van der Waals surface area contributed by atoms with Gasteiger partial charge in [0, 0.05) is 9.13 Å². The van der Waals surface area contributed by atoms with Crippen LogP contribution in [0.15, 0.2) is 24.3 Å². The zero-order valence-electron chi connectivity index (χ0n) is 9.03. The van der Waals surface area contributed by atoms with Crippen molar-refractivity contribution in [3.63, 3.8) is 0 Å². The van der Waals surface area contributed by atoms with Gasteiger partial charge in [-0.1, -0.05) is 6.07 Å². The number of carboxylic acid groups (broad SMARTS) is 2. The first-order chi connectivity index (χ1) is 8.73. The Hall–Kier alpha value is -1.76. The van der Waals surface area contributed by atoms with Gasteiger partial charge in [-0.05, 0) is 18.2 Å². The average molecular weight is 310 g/mol. The fourth-order valence-electron chi connectivity index (χ4n) is 0.845. The number of aromatic carboxylic acids is 2. The predicted molar refractivity (Wildman–Crippen MR) is 61.1 cm³/mol. The highest BCUT2D eigenvalue weighted by Crippen LogP contribution is 2.30. The molecule has 9 nitrogen and oxygen atoms in total. The fraction of sp³-hybridized carbons (Fsp3) is 0. The van der Waals surface area contributed by atoms with Crippen LogP contribution < -0.4 is 0 Å². The average Bonchev–Trinajstić information content (AvgIpc) is 2.28. The van der Waals surface area contributed by atoms with E-state index in [1.807, 2.05) is 0 Å². The Labute approximate surface area is 108 Å². The molecule has 0 aliphatic heterocycles. The van der Waals surface area contributed by atoms with Crippen LogP contribution >= 0.6 is 16.5 Å². The van der Waals surface area contributed by atoms with E-state index in [0.29, 0.717) is 0 Å². The van der Waals surface area contributed by atoms with Crippen LogP contribution in [-0.4, -0.2) is 31.9 Å². The summed E-state index contributed by atoms with van der Waals surface area (Å²) in [5.74, 6) is -2.25. The molecule has 0 aliphatic rings. The molecule has 0 bridgehead atoms. The number of hydrogen-bond donors (Lipinski definition) is 4. The highest BCUT2D eigenvalue weighted by Gasteiger charge is 2.31. The first-order valence-electron chi connectivity index (χ1n) is 4.31. The van der Waals surface area contributed by atoms with Crippen LogP contribution in [0.3, 0.4) is 0 Å². The molecule has 102 valence electrons. The Balaban J connectivity index is 0.000000399. The van der Waals surface area contributed by atoms with E-state index in [2.05, 4.69) is 4.31 Å². The molecule has 11 heteroatoms. The van der Waals surface area contributed by atoms with Crippen LogP contribution in [0.4, 0.5) is 0 Å². The van der Waals surface area contributed by atoms with Gasteiger partial charge in [0.2, 0.25) is 0 Å². The van der Waals surface area contributed by atoms with Crippen LogP contribution in [0.2, 0.25) is 0 Å². The largest absolute Gasteiger partial charge is 0.745 e. The molecule has 19 heavy (non-hydrogen) atoms. The summed E-state index contributed by atoms with van der Waals surface area (Å²) in [4.78, 5) is 36.1. The summed E-state index contributed by atoms with van der Waals surface area (Å²) in [6, 6.07) is 5.20. The van der Waals surface area contributed by atoms with Crippen molar-refractivity contribution in [2.75, 3.05) is 0 Å². The molecule has 2 unspecified atom stereocenters. The van der Waals surface area contributed by atoms with Crippen LogP contribution in [0.25, 0.3) is 0 Å². The van der Waals surface area contributed by atoms with Crippen molar-refractivity contribution in [3.05, 3.63) is 35.4 Å². The van der Waals surface area contributed by atoms with E-state index in [1.54, 1.807) is 0 Å². The minimum absolute atomic E-state index is 0.0186. The Bertz CT molecular complexity index is 471. The molecule has 0 amide bonds. The Morgan fingerprint density at radius 3 is 1.53 bits per heavy atom. The van der Waals surface area contributed by atoms with Crippen LogP contribution in [-0.2, 0) is 13.4 Å². The number of carbonyl (C=O) groups is 2. The van der Waals surface area contributed by atoms with E-state index in [4.69, 9.17) is 20.0 Å². The van der Waals surface area contributed by atoms with Gasteiger partial charge in [0.25, 0.3) is 0 Å². The Morgan fingerprint density at radius 2 is 1.32 bits per heavy atom. The summed E-state index contributed by atoms with van der Waals surface area (Å²) in [5, 5.41) is 17.0. The van der Waals surface area contributed by atoms with E-state index >= 15 is 0 Å². The lowest BCUT2D eigenvalue weighted by atomic mass is 10.1. The molecule has 0 spiro atoms. The minimum Gasteiger partial charge on any atom is -0.478 e. The molecule has 0 fully saturated rings. The van der Waals surface area contributed by atoms with Gasteiger partial charge in [0.1, 0.15) is 0 Å². The second-order valence-electron chi connectivity index (χ2n) is 2.75. The summed E-state index contributed by atoms with van der Waals surface area (Å²) >= 11 is 0. The molecule has 1 aromatic carbocycles. The quantitative estimate of drug-likeness (QED) is 0.602. The molecule has 1 aromatic rings. The summed E-state index contributed by atoms with van der Waals surface area (Å²) in [7, 11) is -5.85. The second kappa shape index (κ2) is 8.36. The molecular weight excluding hydrogens is 302 g/mol. The lowest BCUT2D eigenvalue weighted by Crippen LogP contribution is -2.01. The van der Waals surface area contributed by atoms with Gasteiger partial charge in [0.05, 0.1) is 11.1 Å². The predicted octanol–water partition coefficient (Wildman–Crippen LogP) is 1.39. The van der Waals surface area contributed by atoms with Gasteiger partial charge in [0.15, 0.2) is 4.31 Å². The van der Waals surface area contributed by atoms with Gasteiger partial charge in [-0.2, -0.15) is 0 Å². The third-order valence-electron chi connectivity index (χ3n) is 1.50. The maximum absolute atomic E-state index is 10.4. The van der Waals surface area contributed by atoms with Crippen molar-refractivity contribution in [2.45, 2.75) is 0 Å². The summed E-state index contributed by atoms with van der Waals surface area (Å²) in [5.41, 5.74) is -0.0372. The van der Waals surface area contributed by atoms with Crippen molar-refractivity contribution < 1.29 is 43.0 Å². The van der Waals surface area contributed by atoms with E-state index in [-0.39, 0.29) is 11.1 Å². The maximum atomic E-state index is 10.4. The van der Waals surface area contributed by atoms with Crippen molar-refractivity contribution >= 4 is 28.4 Å². The summed E-state index contributed by atoms with van der Waals surface area (Å²) in [6.45, 7) is 0. The molecule has 1 rings (SSSR count). The lowest BCUT2D eigenvalue weighted by Gasteiger charge is -1.95. The van der Waals surface area contributed by atoms with Gasteiger partial charge in [-0.15, -0.1) is 9.79 Å². The Kier molecular flexibility index (Phi) is 7.59. The van der Waals surface area contributed by atoms with E-state index in [1.165, 1.54) is 18.2 Å². The monoisotopic (exact) mass is 310 g/mol. The summed E-state index contributed by atoms with van der Waals surface area (Å²) in [6.07, 6.45) is 0. The van der Waals surface area contributed by atoms with Crippen molar-refractivity contribution in [3.8, 4) is 0 Å². The van der Waals surface area contributed by atoms with Crippen molar-refractivity contribution in [2.24, 2.45) is 0 Å². The minimum atomic E-state index is -2.92. The normalized spacial score (nSPS) is 10.8. The van der Waals surface area contributed by atoms with E-state index in [9.17, 15) is 18.7 Å². The SMILES string of the molecule is O=C(O)c1cccc(C(=O)O)c1.O=[P+](O)O[P+](=O)O. The van der Waals surface area contributed by atoms with Gasteiger partial charge >= 0.3 is 28.4 Å². The summed E-state index contributed by atoms with van der Waals surface area (Å²) < 4.78 is 22.2. The number of carboxylic acids is 2. The van der Waals surface area contributed by atoms with Crippen LogP contribution in [0.5, 0.6) is 0 Å². The molecule has 0 aromatic heterocycles. The molecule has 0 saturated carbocycles. The highest BCUT2D eigenvalue weighted by atomic mass is 31.2. The Morgan fingerprint density at radius 1 is 0.947 bits per heavy atom. The first-order valence-corrected chi connectivity index (χ1v) is 6.57. The molecule has 0 saturated heterocycles. The molecule has 2 atom stereocenters. The molecule has 0 aliphatic carbocycles. The zero-order valence-corrected chi connectivity index (χ0v) is 10.8. The molecule has 4 N–H and O–H groups in total. The standard InChI is InChI=1S/C8H6O4.O5P2/c9-7(10)5-2-1-3-6(4-5)8(11)12;1-6(2)5-7(3)4/h1-4H,(H,9,10)(H,11,12);/p+2. The number of hydrogen-bond acceptors (Lipinski definition) is 5. The van der Waals surface area contributed by atoms with Gasteiger partial charge in [-0.3, -0.25) is 0 Å². The second-order valence-corrected chi connectivity index (χ2v) is 4.35. The smallest absolute Gasteiger partial charge is 0.478 e. The van der Waals surface area contributed by atoms with E-state index in [0.717, 1.165) is 6.07 Å². The fourth-order valence-corrected chi connectivity index (χ4v) is 1.32. The number of benzene rings is 1. The maximum Gasteiger partial charge on any atom is 0.745 e. The van der Waals surface area contributed by atoms with E-state index < -0.39 is 28.4 Å². The highest BCUT2D eigenvalue weighted by molar-refractivity contribution is 7.46. The van der Waals surface area contributed by atoms with Gasteiger partial charge in [-0.25, -0.2) is 9.59 Å². The van der Waals surface area contributed by atoms with Crippen molar-refractivity contribution in [1.29, 1.82) is 0 Å². The van der Waals surface area contributed by atoms with Crippen LogP contribution in [0.1, 0.15) is 20.7 Å². The third kappa shape index (κ3) is 8.04. The first kappa shape index (κ1) is 17.2. The topological polar surface area (TPSA) is 158 Å². The lowest BCUT2D eigenvalue weighted by molar-refractivity contribution is 0.0696. The molecular formula is C8H8O9P2+2.